The molecule has 12 heteroatoms. The molecule has 48 heavy (non-hydrogen) atoms. The summed E-state index contributed by atoms with van der Waals surface area (Å²) in [5, 5.41) is 8.49. The monoisotopic (exact) mass is 636 g/mol. The van der Waals surface area contributed by atoms with E-state index in [9.17, 15) is 19.2 Å². The number of aliphatic imine (C=N–C) groups is 2. The van der Waals surface area contributed by atoms with Crippen LogP contribution in [0.15, 0.2) is 118 Å². The third-order valence-corrected chi connectivity index (χ3v) is 8.60. The Morgan fingerprint density at radius 1 is 0.521 bits per heavy atom. The van der Waals surface area contributed by atoms with E-state index in [0.29, 0.717) is 0 Å². The van der Waals surface area contributed by atoms with E-state index < -0.39 is 23.6 Å². The summed E-state index contributed by atoms with van der Waals surface area (Å²) in [6.07, 6.45) is 3.89. The number of nitrogens with zero attached hydrogens (tertiary/aromatic N) is 4. The molecule has 0 aromatic heterocycles. The fourth-order valence-electron chi connectivity index (χ4n) is 6.39. The number of hydrogen-bond acceptors (Lipinski definition) is 10. The second-order valence-electron chi connectivity index (χ2n) is 11.8. The third-order valence-electron chi connectivity index (χ3n) is 8.60. The van der Waals surface area contributed by atoms with Crippen LogP contribution in [0.2, 0.25) is 0 Å². The molecular formula is C36H28N8O4. The summed E-state index contributed by atoms with van der Waals surface area (Å²) >= 11 is 0. The molecule has 12 nitrogen and oxygen atoms in total. The molecule has 2 atom stereocenters. The number of hydrogen-bond donors (Lipinski definition) is 4. The Morgan fingerprint density at radius 2 is 0.854 bits per heavy atom. The minimum atomic E-state index is -0.639. The SMILES string of the molecule is CC1=CC(c2ccccc2)N=C(NN2C(=O)c3ccc4c5c(ccc(c35)C2=O)C(=O)N(NC2=NC(c3ccccc3)C=C(C)N2)C4=O)N1. The molecule has 4 aliphatic rings. The van der Waals surface area contributed by atoms with Gasteiger partial charge in [0.05, 0.1) is 34.3 Å². The number of carbonyl (C=O) groups excluding carboxylic acids is 4. The van der Waals surface area contributed by atoms with Crippen LogP contribution in [0.3, 0.4) is 0 Å². The fraction of sp³-hybridized carbons (Fsp3) is 0.111. The zero-order chi connectivity index (χ0) is 33.1. The highest BCUT2D eigenvalue weighted by Gasteiger charge is 2.41. The van der Waals surface area contributed by atoms with Crippen LogP contribution in [-0.4, -0.2) is 45.6 Å². The highest BCUT2D eigenvalue weighted by Crippen LogP contribution is 2.37. The lowest BCUT2D eigenvalue weighted by molar-refractivity contribution is 0.0543. The predicted octanol–water partition coefficient (Wildman–Crippen LogP) is 4.25. The van der Waals surface area contributed by atoms with Crippen molar-refractivity contribution in [2.45, 2.75) is 25.9 Å². The molecule has 8 rings (SSSR count). The Hall–Kier alpha value is -6.56. The number of allylic oxidation sites excluding steroid dienone is 2. The topological polar surface area (TPSA) is 148 Å². The Bertz CT molecular complexity index is 1980. The summed E-state index contributed by atoms with van der Waals surface area (Å²) in [6.45, 7) is 3.73. The molecule has 0 fully saturated rings. The maximum Gasteiger partial charge on any atom is 0.280 e. The number of nitrogens with one attached hydrogen (secondary N) is 4. The van der Waals surface area contributed by atoms with Crippen LogP contribution >= 0.6 is 0 Å². The van der Waals surface area contributed by atoms with Gasteiger partial charge in [0.25, 0.3) is 23.6 Å². The minimum absolute atomic E-state index is 0.174. The standard InChI is InChI=1S/C36H28N8O4/c1-19-17-27(21-9-5-3-6-10-21)39-35(37-19)41-43-31(45)23-13-15-25-30-26(16-14-24(29(23)30)32(43)46)34(48)44(33(25)47)42-36-38-20(2)18-28(40-36)22-11-7-4-8-12-22/h3-18,27-28H,1-2H3,(H2,37,39,41)(H2,38,40,42). The summed E-state index contributed by atoms with van der Waals surface area (Å²) in [4.78, 5) is 64.7. The van der Waals surface area contributed by atoms with Gasteiger partial charge in [0.15, 0.2) is 0 Å². The Labute approximate surface area is 274 Å². The molecule has 0 saturated carbocycles. The molecule has 4 aliphatic heterocycles. The van der Waals surface area contributed by atoms with Gasteiger partial charge in [0.1, 0.15) is 0 Å². The van der Waals surface area contributed by atoms with E-state index >= 15 is 0 Å². The quantitative estimate of drug-likeness (QED) is 0.243. The van der Waals surface area contributed by atoms with Gasteiger partial charge in [0, 0.05) is 22.2 Å². The van der Waals surface area contributed by atoms with Gasteiger partial charge in [0.2, 0.25) is 11.9 Å². The predicted molar refractivity (Wildman–Crippen MR) is 178 cm³/mol. The first-order valence-corrected chi connectivity index (χ1v) is 15.3. The van der Waals surface area contributed by atoms with Crippen molar-refractivity contribution in [2.75, 3.05) is 0 Å². The van der Waals surface area contributed by atoms with Crippen molar-refractivity contribution >= 4 is 46.3 Å². The molecule has 0 saturated heterocycles. The highest BCUT2D eigenvalue weighted by molar-refractivity contribution is 6.33. The maximum absolute atomic E-state index is 13.8. The summed E-state index contributed by atoms with van der Waals surface area (Å²) in [6, 6.07) is 24.7. The lowest BCUT2D eigenvalue weighted by atomic mass is 9.86. The number of carbonyl (C=O) groups is 4. The molecule has 0 spiro atoms. The lowest BCUT2D eigenvalue weighted by Gasteiger charge is -2.33. The summed E-state index contributed by atoms with van der Waals surface area (Å²) in [5.41, 5.74) is 9.93. The molecule has 4 heterocycles. The van der Waals surface area contributed by atoms with Gasteiger partial charge in [-0.3, -0.25) is 30.0 Å². The first-order chi connectivity index (χ1) is 23.3. The van der Waals surface area contributed by atoms with Crippen molar-refractivity contribution in [1.29, 1.82) is 0 Å². The first kappa shape index (κ1) is 28.9. The van der Waals surface area contributed by atoms with E-state index in [1.54, 1.807) is 0 Å². The Kier molecular flexibility index (Phi) is 6.65. The lowest BCUT2D eigenvalue weighted by Crippen LogP contribution is -2.56. The highest BCUT2D eigenvalue weighted by atomic mass is 16.2. The summed E-state index contributed by atoms with van der Waals surface area (Å²) in [7, 11) is 0. The van der Waals surface area contributed by atoms with Crippen molar-refractivity contribution in [2.24, 2.45) is 9.98 Å². The fourth-order valence-corrected chi connectivity index (χ4v) is 6.39. The molecule has 0 bridgehead atoms. The molecule has 236 valence electrons. The number of rotatable bonds is 4. The second kappa shape index (κ2) is 11.1. The molecule has 4 N–H and O–H groups in total. The van der Waals surface area contributed by atoms with E-state index in [0.717, 1.165) is 32.5 Å². The van der Waals surface area contributed by atoms with Crippen molar-refractivity contribution in [3.63, 3.8) is 0 Å². The molecular weight excluding hydrogens is 608 g/mol. The molecule has 4 aromatic carbocycles. The molecule has 4 aromatic rings. The van der Waals surface area contributed by atoms with Crippen LogP contribution < -0.4 is 21.5 Å². The average molecular weight is 637 g/mol. The van der Waals surface area contributed by atoms with E-state index in [2.05, 4.69) is 31.5 Å². The largest absolute Gasteiger partial charge is 0.329 e. The van der Waals surface area contributed by atoms with Crippen molar-refractivity contribution in [3.05, 3.63) is 142 Å². The van der Waals surface area contributed by atoms with Crippen molar-refractivity contribution < 1.29 is 19.2 Å². The van der Waals surface area contributed by atoms with E-state index in [1.807, 2.05) is 86.7 Å². The summed E-state index contributed by atoms with van der Waals surface area (Å²) < 4.78 is 0. The zero-order valence-corrected chi connectivity index (χ0v) is 25.8. The van der Waals surface area contributed by atoms with Crippen LogP contribution in [0.4, 0.5) is 0 Å². The van der Waals surface area contributed by atoms with Gasteiger partial charge in [-0.1, -0.05) is 60.7 Å². The average Bonchev–Trinajstić information content (AvgIpc) is 3.10. The number of benzene rings is 4. The van der Waals surface area contributed by atoms with Crippen molar-refractivity contribution in [3.8, 4) is 0 Å². The van der Waals surface area contributed by atoms with Crippen LogP contribution in [0.1, 0.15) is 78.5 Å². The van der Waals surface area contributed by atoms with E-state index in [-0.39, 0.29) is 57.0 Å². The Morgan fingerprint density at radius 3 is 1.19 bits per heavy atom. The number of imide groups is 2. The van der Waals surface area contributed by atoms with Crippen LogP contribution in [0.25, 0.3) is 10.8 Å². The first-order valence-electron chi connectivity index (χ1n) is 15.3. The van der Waals surface area contributed by atoms with Crippen LogP contribution in [-0.2, 0) is 0 Å². The zero-order valence-electron chi connectivity index (χ0n) is 25.8. The molecule has 4 amide bonds. The third kappa shape index (κ3) is 4.69. The van der Waals surface area contributed by atoms with Crippen molar-refractivity contribution in [1.82, 2.24) is 31.5 Å². The van der Waals surface area contributed by atoms with Gasteiger partial charge in [-0.2, -0.15) is 10.0 Å². The van der Waals surface area contributed by atoms with Gasteiger partial charge >= 0.3 is 0 Å². The molecule has 0 radical (unpaired) electrons. The normalized spacial score (nSPS) is 20.0. The summed E-state index contributed by atoms with van der Waals surface area (Å²) in [5.74, 6) is -2.10. The molecule has 0 aliphatic carbocycles. The van der Waals surface area contributed by atoms with Crippen LogP contribution in [0, 0.1) is 0 Å². The molecule has 2 unspecified atom stereocenters. The second-order valence-corrected chi connectivity index (χ2v) is 11.8. The number of amides is 4. The minimum Gasteiger partial charge on any atom is -0.329 e. The number of hydrazine groups is 2. The van der Waals surface area contributed by atoms with Gasteiger partial charge in [-0.15, -0.1) is 0 Å². The van der Waals surface area contributed by atoms with Crippen LogP contribution in [0.5, 0.6) is 0 Å². The van der Waals surface area contributed by atoms with E-state index in [4.69, 9.17) is 0 Å². The van der Waals surface area contributed by atoms with Gasteiger partial charge in [-0.05, 0) is 61.4 Å². The smallest absolute Gasteiger partial charge is 0.280 e. The van der Waals surface area contributed by atoms with E-state index in [1.165, 1.54) is 24.3 Å². The van der Waals surface area contributed by atoms with Gasteiger partial charge in [-0.25, -0.2) is 9.98 Å². The Balaban J connectivity index is 1.10. The maximum atomic E-state index is 13.8. The number of guanidine groups is 2. The van der Waals surface area contributed by atoms with Gasteiger partial charge < -0.3 is 10.6 Å².